The number of aromatic nitrogens is 2. The van der Waals surface area contributed by atoms with E-state index in [9.17, 15) is 4.79 Å². The fourth-order valence-electron chi connectivity index (χ4n) is 2.38. The van der Waals surface area contributed by atoms with Gasteiger partial charge in [0, 0.05) is 0 Å². The Morgan fingerprint density at radius 2 is 2.40 bits per heavy atom. The molecule has 1 saturated carbocycles. The van der Waals surface area contributed by atoms with Crippen molar-refractivity contribution >= 4 is 5.97 Å². The highest BCUT2D eigenvalue weighted by molar-refractivity contribution is 5.70. The van der Waals surface area contributed by atoms with Crippen LogP contribution in [0, 0.1) is 17.2 Å². The number of carbonyl (C=O) groups is 1. The van der Waals surface area contributed by atoms with Crippen LogP contribution >= 0.6 is 0 Å². The van der Waals surface area contributed by atoms with Gasteiger partial charge in [-0.15, -0.1) is 0 Å². The molecule has 0 saturated heterocycles. The molecule has 20 heavy (non-hydrogen) atoms. The summed E-state index contributed by atoms with van der Waals surface area (Å²) < 4.78 is 5.70. The van der Waals surface area contributed by atoms with E-state index in [1.165, 1.54) is 0 Å². The van der Waals surface area contributed by atoms with Gasteiger partial charge in [-0.05, 0) is 32.1 Å². The van der Waals surface area contributed by atoms with Gasteiger partial charge in [0.25, 0.3) is 5.88 Å². The van der Waals surface area contributed by atoms with E-state index >= 15 is 0 Å². The predicted octanol–water partition coefficient (Wildman–Crippen LogP) is 1.93. The zero-order valence-electron chi connectivity index (χ0n) is 11.4. The molecule has 0 aromatic carbocycles. The lowest BCUT2D eigenvalue weighted by Gasteiger charge is -2.26. The molecule has 6 nitrogen and oxygen atoms in total. The average Bonchev–Trinajstić information content (AvgIpc) is 2.48. The van der Waals surface area contributed by atoms with Gasteiger partial charge in [0.15, 0.2) is 0 Å². The minimum atomic E-state index is -0.786. The first kappa shape index (κ1) is 14.3. The molecule has 0 unspecified atom stereocenters. The Bertz CT molecular complexity index is 539. The molecule has 2 rings (SSSR count). The molecular formula is C14H17N3O3. The Labute approximate surface area is 117 Å². The Balaban J connectivity index is 2.10. The molecule has 1 heterocycles. The molecule has 1 aliphatic rings. The Kier molecular flexibility index (Phi) is 4.51. The molecule has 0 aliphatic heterocycles. The van der Waals surface area contributed by atoms with Crippen molar-refractivity contribution in [2.45, 2.75) is 45.1 Å². The van der Waals surface area contributed by atoms with Crippen LogP contribution in [-0.4, -0.2) is 27.1 Å². The number of ether oxygens (including phenoxy) is 1. The van der Waals surface area contributed by atoms with Gasteiger partial charge in [-0.25, -0.2) is 9.97 Å². The molecular weight excluding hydrogens is 258 g/mol. The summed E-state index contributed by atoms with van der Waals surface area (Å²) in [5, 5.41) is 18.1. The first-order chi connectivity index (χ1) is 9.63. The van der Waals surface area contributed by atoms with Crippen LogP contribution in [0.3, 0.4) is 0 Å². The van der Waals surface area contributed by atoms with E-state index in [-0.39, 0.29) is 23.6 Å². The topological polar surface area (TPSA) is 96.1 Å². The number of hydrogen-bond acceptors (Lipinski definition) is 5. The van der Waals surface area contributed by atoms with Crippen molar-refractivity contribution in [3.05, 3.63) is 17.6 Å². The molecule has 0 amide bonds. The van der Waals surface area contributed by atoms with Crippen LogP contribution in [0.5, 0.6) is 5.88 Å². The Morgan fingerprint density at radius 1 is 1.60 bits per heavy atom. The average molecular weight is 275 g/mol. The van der Waals surface area contributed by atoms with E-state index in [0.29, 0.717) is 19.3 Å². The SMILES string of the molecule is CCc1cnc(O[C@H]2CCC[C@H](C(=O)O)C2)c(C#N)n1. The maximum atomic E-state index is 11.0. The number of rotatable bonds is 4. The fourth-order valence-corrected chi connectivity index (χ4v) is 2.38. The number of nitrogens with zero attached hydrogens (tertiary/aromatic N) is 3. The van der Waals surface area contributed by atoms with Crippen LogP contribution in [0.15, 0.2) is 6.20 Å². The molecule has 1 fully saturated rings. The van der Waals surface area contributed by atoms with Crippen LogP contribution in [-0.2, 0) is 11.2 Å². The summed E-state index contributed by atoms with van der Waals surface area (Å²) in [6, 6.07) is 1.98. The van der Waals surface area contributed by atoms with Gasteiger partial charge in [-0.1, -0.05) is 6.92 Å². The largest absolute Gasteiger partial charge is 0.481 e. The number of nitriles is 1. The number of carboxylic acids is 1. The van der Waals surface area contributed by atoms with Gasteiger partial charge in [-0.2, -0.15) is 5.26 Å². The molecule has 1 aliphatic carbocycles. The third-order valence-electron chi connectivity index (χ3n) is 3.51. The monoisotopic (exact) mass is 275 g/mol. The summed E-state index contributed by atoms with van der Waals surface area (Å²) in [6.45, 7) is 1.93. The lowest BCUT2D eigenvalue weighted by Crippen LogP contribution is -2.30. The molecule has 6 heteroatoms. The van der Waals surface area contributed by atoms with Crippen LogP contribution in [0.2, 0.25) is 0 Å². The lowest BCUT2D eigenvalue weighted by atomic mass is 9.87. The first-order valence-corrected chi connectivity index (χ1v) is 6.79. The normalized spacial score (nSPS) is 22.0. The molecule has 1 aromatic rings. The van der Waals surface area contributed by atoms with E-state index in [0.717, 1.165) is 18.5 Å². The first-order valence-electron chi connectivity index (χ1n) is 6.79. The fraction of sp³-hybridized carbons (Fsp3) is 0.571. The Hall–Kier alpha value is -2.16. The van der Waals surface area contributed by atoms with E-state index in [1.807, 2.05) is 13.0 Å². The molecule has 2 atom stereocenters. The molecule has 0 spiro atoms. The highest BCUT2D eigenvalue weighted by Gasteiger charge is 2.29. The van der Waals surface area contributed by atoms with Gasteiger partial charge in [0.1, 0.15) is 12.2 Å². The van der Waals surface area contributed by atoms with E-state index in [2.05, 4.69) is 9.97 Å². The highest BCUT2D eigenvalue weighted by Crippen LogP contribution is 2.28. The van der Waals surface area contributed by atoms with Crippen LogP contribution in [0.1, 0.15) is 44.0 Å². The molecule has 106 valence electrons. The summed E-state index contributed by atoms with van der Waals surface area (Å²) in [7, 11) is 0. The molecule has 1 aromatic heterocycles. The highest BCUT2D eigenvalue weighted by atomic mass is 16.5. The van der Waals surface area contributed by atoms with Gasteiger partial charge >= 0.3 is 5.97 Å². The second-order valence-electron chi connectivity index (χ2n) is 4.92. The lowest BCUT2D eigenvalue weighted by molar-refractivity contribution is -0.143. The van der Waals surface area contributed by atoms with Crippen molar-refractivity contribution in [2.75, 3.05) is 0 Å². The smallest absolute Gasteiger partial charge is 0.306 e. The molecule has 0 radical (unpaired) electrons. The number of hydrogen-bond donors (Lipinski definition) is 1. The van der Waals surface area contributed by atoms with E-state index in [1.54, 1.807) is 6.20 Å². The third-order valence-corrected chi connectivity index (χ3v) is 3.51. The summed E-state index contributed by atoms with van der Waals surface area (Å²) >= 11 is 0. The third kappa shape index (κ3) is 3.23. The zero-order chi connectivity index (χ0) is 14.5. The second-order valence-corrected chi connectivity index (χ2v) is 4.92. The quantitative estimate of drug-likeness (QED) is 0.902. The van der Waals surface area contributed by atoms with Gasteiger partial charge < -0.3 is 9.84 Å². The van der Waals surface area contributed by atoms with Gasteiger partial charge in [0.2, 0.25) is 5.69 Å². The minimum Gasteiger partial charge on any atom is -0.481 e. The van der Waals surface area contributed by atoms with E-state index in [4.69, 9.17) is 15.1 Å². The van der Waals surface area contributed by atoms with Gasteiger partial charge in [0.05, 0.1) is 17.8 Å². The summed E-state index contributed by atoms with van der Waals surface area (Å²) in [4.78, 5) is 19.3. The standard InChI is InChI=1S/C14H17N3O3/c1-2-10-8-16-13(12(7-15)17-10)20-11-5-3-4-9(6-11)14(18)19/h8-9,11H,2-6H2,1H3,(H,18,19)/t9-,11-/m0/s1. The van der Waals surface area contributed by atoms with Crippen molar-refractivity contribution < 1.29 is 14.6 Å². The summed E-state index contributed by atoms with van der Waals surface area (Å²) in [5.41, 5.74) is 0.905. The van der Waals surface area contributed by atoms with Crippen LogP contribution < -0.4 is 4.74 Å². The minimum absolute atomic E-state index is 0.168. The van der Waals surface area contributed by atoms with Crippen LogP contribution in [0.4, 0.5) is 0 Å². The summed E-state index contributed by atoms with van der Waals surface area (Å²) in [5.74, 6) is -0.950. The maximum Gasteiger partial charge on any atom is 0.306 e. The second kappa shape index (κ2) is 6.33. The van der Waals surface area contributed by atoms with Crippen molar-refractivity contribution in [2.24, 2.45) is 5.92 Å². The van der Waals surface area contributed by atoms with Crippen molar-refractivity contribution in [3.8, 4) is 11.9 Å². The predicted molar refractivity (Wildman–Crippen MR) is 70.1 cm³/mol. The number of aliphatic carboxylic acids is 1. The van der Waals surface area contributed by atoms with Crippen LogP contribution in [0.25, 0.3) is 0 Å². The molecule has 0 bridgehead atoms. The van der Waals surface area contributed by atoms with Crippen molar-refractivity contribution in [1.29, 1.82) is 5.26 Å². The zero-order valence-corrected chi connectivity index (χ0v) is 11.4. The van der Waals surface area contributed by atoms with Crippen molar-refractivity contribution in [3.63, 3.8) is 0 Å². The number of aryl methyl sites for hydroxylation is 1. The maximum absolute atomic E-state index is 11.0. The Morgan fingerprint density at radius 3 is 3.05 bits per heavy atom. The van der Waals surface area contributed by atoms with E-state index < -0.39 is 5.97 Å². The molecule has 1 N–H and O–H groups in total. The number of carboxylic acid groups (broad SMARTS) is 1. The van der Waals surface area contributed by atoms with Crippen molar-refractivity contribution in [1.82, 2.24) is 9.97 Å². The van der Waals surface area contributed by atoms with Gasteiger partial charge in [-0.3, -0.25) is 4.79 Å². The summed E-state index contributed by atoms with van der Waals surface area (Å²) in [6.07, 6.45) is 4.81.